The lowest BCUT2D eigenvalue weighted by Crippen LogP contribution is -2.05. The number of benzene rings is 1. The second-order valence-electron chi connectivity index (χ2n) is 3.49. The number of nitrogens with one attached hydrogen (secondary N) is 1. The number of anilines is 1. The van der Waals surface area contributed by atoms with E-state index in [0.717, 1.165) is 30.7 Å². The van der Waals surface area contributed by atoms with Crippen LogP contribution in [0.2, 0.25) is 0 Å². The van der Waals surface area contributed by atoms with Crippen LogP contribution in [0.5, 0.6) is 0 Å². The molecule has 1 aromatic carbocycles. The van der Waals surface area contributed by atoms with Gasteiger partial charge in [-0.3, -0.25) is 0 Å². The van der Waals surface area contributed by atoms with Crippen molar-refractivity contribution in [2.24, 2.45) is 0 Å². The Labute approximate surface area is 79.9 Å². The average Bonchev–Trinajstić information content (AvgIpc) is 2.88. The molecule has 0 amide bonds. The molecule has 0 bridgehead atoms. The van der Waals surface area contributed by atoms with E-state index < -0.39 is 11.7 Å². The molecular weight excluding hydrogens is 191 g/mol. The summed E-state index contributed by atoms with van der Waals surface area (Å²) in [7, 11) is 0. The fourth-order valence-corrected chi connectivity index (χ4v) is 1.22. The van der Waals surface area contributed by atoms with Gasteiger partial charge in [0, 0.05) is 11.7 Å². The molecule has 0 aliphatic heterocycles. The van der Waals surface area contributed by atoms with Crippen LogP contribution < -0.4 is 5.32 Å². The first-order valence-corrected chi connectivity index (χ1v) is 4.49. The lowest BCUT2D eigenvalue weighted by molar-refractivity contribution is -0.137. The lowest BCUT2D eigenvalue weighted by Gasteiger charge is -2.08. The highest BCUT2D eigenvalue weighted by molar-refractivity contribution is 5.46. The SMILES string of the molecule is FC(F)(F)c1ccc(NC2CC2)cc1. The van der Waals surface area contributed by atoms with Crippen LogP contribution in [0.15, 0.2) is 24.3 Å². The summed E-state index contributed by atoms with van der Waals surface area (Å²) in [6.45, 7) is 0. The minimum Gasteiger partial charge on any atom is -0.382 e. The van der Waals surface area contributed by atoms with Gasteiger partial charge in [0.05, 0.1) is 5.56 Å². The Morgan fingerprint density at radius 1 is 1.07 bits per heavy atom. The molecule has 4 heteroatoms. The predicted octanol–water partition coefficient (Wildman–Crippen LogP) is 3.28. The van der Waals surface area contributed by atoms with E-state index in [1.165, 1.54) is 12.1 Å². The van der Waals surface area contributed by atoms with Crippen LogP contribution in [0, 0.1) is 0 Å². The van der Waals surface area contributed by atoms with Gasteiger partial charge < -0.3 is 5.32 Å². The second-order valence-corrected chi connectivity index (χ2v) is 3.49. The molecule has 1 fully saturated rings. The summed E-state index contributed by atoms with van der Waals surface area (Å²) in [5.41, 5.74) is 0.166. The maximum Gasteiger partial charge on any atom is 0.416 e. The maximum atomic E-state index is 12.2. The Bertz CT molecular complexity index is 311. The van der Waals surface area contributed by atoms with Crippen LogP contribution in [0.25, 0.3) is 0 Å². The summed E-state index contributed by atoms with van der Waals surface area (Å²) in [5, 5.41) is 3.13. The van der Waals surface area contributed by atoms with Crippen molar-refractivity contribution in [3.8, 4) is 0 Å². The quantitative estimate of drug-likeness (QED) is 0.774. The third-order valence-electron chi connectivity index (χ3n) is 2.16. The third-order valence-corrected chi connectivity index (χ3v) is 2.16. The van der Waals surface area contributed by atoms with Crippen LogP contribution in [-0.4, -0.2) is 6.04 Å². The predicted molar refractivity (Wildman–Crippen MR) is 48.1 cm³/mol. The smallest absolute Gasteiger partial charge is 0.382 e. The molecule has 0 radical (unpaired) electrons. The van der Waals surface area contributed by atoms with Crippen LogP contribution in [0.4, 0.5) is 18.9 Å². The molecule has 76 valence electrons. The highest BCUT2D eigenvalue weighted by Crippen LogP contribution is 2.31. The maximum absolute atomic E-state index is 12.2. The minimum absolute atomic E-state index is 0.465. The Hall–Kier alpha value is -1.19. The van der Waals surface area contributed by atoms with Gasteiger partial charge in [-0.1, -0.05) is 0 Å². The molecule has 1 aliphatic carbocycles. The first-order chi connectivity index (χ1) is 6.55. The first-order valence-electron chi connectivity index (χ1n) is 4.49. The molecule has 1 nitrogen and oxygen atoms in total. The van der Waals surface area contributed by atoms with Crippen molar-refractivity contribution in [2.45, 2.75) is 25.1 Å². The van der Waals surface area contributed by atoms with Crippen LogP contribution in [0.3, 0.4) is 0 Å². The molecule has 1 aliphatic rings. The number of alkyl halides is 3. The summed E-state index contributed by atoms with van der Waals surface area (Å²) in [6.07, 6.45) is -2.01. The topological polar surface area (TPSA) is 12.0 Å². The highest BCUT2D eigenvalue weighted by Gasteiger charge is 2.30. The zero-order chi connectivity index (χ0) is 10.2. The molecule has 0 aromatic heterocycles. The zero-order valence-electron chi connectivity index (χ0n) is 7.43. The van der Waals surface area contributed by atoms with Crippen LogP contribution >= 0.6 is 0 Å². The van der Waals surface area contributed by atoms with Crippen molar-refractivity contribution in [3.05, 3.63) is 29.8 Å². The molecule has 2 rings (SSSR count). The van der Waals surface area contributed by atoms with Gasteiger partial charge in [-0.15, -0.1) is 0 Å². The Morgan fingerprint density at radius 3 is 2.07 bits per heavy atom. The minimum atomic E-state index is -4.24. The normalized spacial score (nSPS) is 16.8. The first kappa shape index (κ1) is 9.37. The monoisotopic (exact) mass is 201 g/mol. The van der Waals surface area contributed by atoms with Gasteiger partial charge in [0.1, 0.15) is 0 Å². The van der Waals surface area contributed by atoms with Crippen LogP contribution in [-0.2, 0) is 6.18 Å². The van der Waals surface area contributed by atoms with E-state index >= 15 is 0 Å². The standard InChI is InChI=1S/C10H10F3N/c11-10(12,13)7-1-3-8(4-2-7)14-9-5-6-9/h1-4,9,14H,5-6H2. The highest BCUT2D eigenvalue weighted by atomic mass is 19.4. The van der Waals surface area contributed by atoms with E-state index in [4.69, 9.17) is 0 Å². The number of halogens is 3. The Balaban J connectivity index is 2.08. The van der Waals surface area contributed by atoms with Gasteiger partial charge in [0.25, 0.3) is 0 Å². The van der Waals surface area contributed by atoms with Crippen molar-refractivity contribution >= 4 is 5.69 Å². The van der Waals surface area contributed by atoms with Crippen molar-refractivity contribution in [1.82, 2.24) is 0 Å². The molecule has 0 saturated heterocycles. The molecule has 1 saturated carbocycles. The summed E-state index contributed by atoms with van der Waals surface area (Å²) < 4.78 is 36.5. The third kappa shape index (κ3) is 2.19. The van der Waals surface area contributed by atoms with E-state index in [1.54, 1.807) is 0 Å². The summed E-state index contributed by atoms with van der Waals surface area (Å²) in [4.78, 5) is 0. The Kier molecular flexibility index (Phi) is 2.13. The second kappa shape index (κ2) is 3.19. The lowest BCUT2D eigenvalue weighted by atomic mass is 10.2. The summed E-state index contributed by atoms with van der Waals surface area (Å²) in [6, 6.07) is 5.62. The molecule has 0 unspecified atom stereocenters. The molecule has 1 N–H and O–H groups in total. The van der Waals surface area contributed by atoms with Crippen LogP contribution in [0.1, 0.15) is 18.4 Å². The van der Waals surface area contributed by atoms with Gasteiger partial charge in [0.2, 0.25) is 0 Å². The van der Waals surface area contributed by atoms with Gasteiger partial charge in [-0.2, -0.15) is 13.2 Å². The number of hydrogen-bond donors (Lipinski definition) is 1. The van der Waals surface area contributed by atoms with E-state index in [-0.39, 0.29) is 0 Å². The molecular formula is C10H10F3N. The van der Waals surface area contributed by atoms with Crippen molar-refractivity contribution in [2.75, 3.05) is 5.32 Å². The number of hydrogen-bond acceptors (Lipinski definition) is 1. The van der Waals surface area contributed by atoms with E-state index in [1.807, 2.05) is 0 Å². The van der Waals surface area contributed by atoms with Gasteiger partial charge >= 0.3 is 6.18 Å². The molecule has 0 atom stereocenters. The largest absolute Gasteiger partial charge is 0.416 e. The van der Waals surface area contributed by atoms with Crippen molar-refractivity contribution in [3.63, 3.8) is 0 Å². The average molecular weight is 201 g/mol. The van der Waals surface area contributed by atoms with E-state index in [2.05, 4.69) is 5.32 Å². The summed E-state index contributed by atoms with van der Waals surface area (Å²) in [5.74, 6) is 0. The Morgan fingerprint density at radius 2 is 1.64 bits per heavy atom. The molecule has 14 heavy (non-hydrogen) atoms. The molecule has 0 heterocycles. The molecule has 1 aromatic rings. The fraction of sp³-hybridized carbons (Fsp3) is 0.400. The van der Waals surface area contributed by atoms with E-state index in [9.17, 15) is 13.2 Å². The van der Waals surface area contributed by atoms with Gasteiger partial charge in [-0.25, -0.2) is 0 Å². The number of rotatable bonds is 2. The fourth-order valence-electron chi connectivity index (χ4n) is 1.22. The van der Waals surface area contributed by atoms with Gasteiger partial charge in [0.15, 0.2) is 0 Å². The van der Waals surface area contributed by atoms with E-state index in [0.29, 0.717) is 6.04 Å². The van der Waals surface area contributed by atoms with Crippen molar-refractivity contribution in [1.29, 1.82) is 0 Å². The van der Waals surface area contributed by atoms with Gasteiger partial charge in [-0.05, 0) is 37.1 Å². The summed E-state index contributed by atoms with van der Waals surface area (Å²) >= 11 is 0. The zero-order valence-corrected chi connectivity index (χ0v) is 7.43. The molecule has 0 spiro atoms. The van der Waals surface area contributed by atoms with Crippen molar-refractivity contribution < 1.29 is 13.2 Å².